The van der Waals surface area contributed by atoms with Crippen molar-refractivity contribution in [3.8, 4) is 0 Å². The van der Waals surface area contributed by atoms with Crippen molar-refractivity contribution in [2.24, 2.45) is 0 Å². The number of esters is 2. The van der Waals surface area contributed by atoms with Gasteiger partial charge in [-0.1, -0.05) is 0 Å². The predicted octanol–water partition coefficient (Wildman–Crippen LogP) is -0.338. The molecule has 0 aliphatic carbocycles. The van der Waals surface area contributed by atoms with Crippen LogP contribution in [0.2, 0.25) is 0 Å². The summed E-state index contributed by atoms with van der Waals surface area (Å²) in [6, 6.07) is -1.09. The number of hydrogen-bond donors (Lipinski definition) is 0. The van der Waals surface area contributed by atoms with Crippen LogP contribution in [-0.4, -0.2) is 33.9 Å². The van der Waals surface area contributed by atoms with Crippen LogP contribution in [0.5, 0.6) is 0 Å². The Morgan fingerprint density at radius 2 is 2.27 bits per heavy atom. The maximum Gasteiger partial charge on any atom is 0.391 e. The molecule has 0 bridgehead atoms. The number of nitro groups is 1. The third kappa shape index (κ3) is 1.83. The summed E-state index contributed by atoms with van der Waals surface area (Å²) in [4.78, 5) is 32.5. The minimum absolute atomic E-state index is 0.455. The summed E-state index contributed by atoms with van der Waals surface area (Å²) in [7, 11) is 0. The Bertz CT molecular complexity index is 325. The first-order valence-electron chi connectivity index (χ1n) is 4.14. The minimum atomic E-state index is -1.97. The molecule has 8 nitrogen and oxygen atoms in total. The quantitative estimate of drug-likeness (QED) is 0.355. The van der Waals surface area contributed by atoms with Crippen LogP contribution >= 0.6 is 0 Å². The molecule has 0 N–H and O–H groups in total. The van der Waals surface area contributed by atoms with Crippen LogP contribution in [-0.2, 0) is 19.1 Å². The van der Waals surface area contributed by atoms with E-state index in [1.165, 1.54) is 6.92 Å². The zero-order chi connectivity index (χ0) is 11.8. The minimum Gasteiger partial charge on any atom is -0.400 e. The third-order valence-electron chi connectivity index (χ3n) is 1.92. The van der Waals surface area contributed by atoms with Crippen molar-refractivity contribution < 1.29 is 24.1 Å². The highest BCUT2D eigenvalue weighted by molar-refractivity contribution is 5.78. The lowest BCUT2D eigenvalue weighted by Gasteiger charge is -2.25. The van der Waals surface area contributed by atoms with Crippen molar-refractivity contribution in [1.29, 1.82) is 0 Å². The molecule has 2 atom stereocenters. The van der Waals surface area contributed by atoms with Crippen LogP contribution < -0.4 is 0 Å². The largest absolute Gasteiger partial charge is 0.400 e. The van der Waals surface area contributed by atoms with E-state index in [9.17, 15) is 19.7 Å². The van der Waals surface area contributed by atoms with Crippen LogP contribution in [0.3, 0.4) is 0 Å². The summed E-state index contributed by atoms with van der Waals surface area (Å²) in [6.07, 6.45) is 0. The number of hydrazine groups is 1. The molecule has 1 fully saturated rings. The molecule has 0 spiro atoms. The van der Waals surface area contributed by atoms with Gasteiger partial charge in [0.2, 0.25) is 0 Å². The lowest BCUT2D eigenvalue weighted by molar-refractivity contribution is -0.698. The van der Waals surface area contributed by atoms with E-state index in [0.29, 0.717) is 5.01 Å². The standard InChI is InChI=1S/C7H10N2O6/c1-4-6(11)15-7(3,14-5(2)10)8(4)9(12)13/h4H,1-3H3/t4-,7-/m1/s1. The monoisotopic (exact) mass is 218 g/mol. The van der Waals surface area contributed by atoms with Gasteiger partial charge in [0.1, 0.15) is 0 Å². The molecule has 84 valence electrons. The fourth-order valence-electron chi connectivity index (χ4n) is 1.39. The Hall–Kier alpha value is -1.86. The molecular weight excluding hydrogens is 208 g/mol. The fraction of sp³-hybridized carbons (Fsp3) is 0.714. The van der Waals surface area contributed by atoms with E-state index < -0.39 is 28.9 Å². The first kappa shape index (κ1) is 11.2. The number of hydrogen-bond acceptors (Lipinski definition) is 6. The van der Waals surface area contributed by atoms with Crippen molar-refractivity contribution in [1.82, 2.24) is 5.01 Å². The molecule has 15 heavy (non-hydrogen) atoms. The van der Waals surface area contributed by atoms with E-state index in [-0.39, 0.29) is 0 Å². The maximum atomic E-state index is 11.1. The van der Waals surface area contributed by atoms with Gasteiger partial charge in [0.05, 0.1) is 0 Å². The molecule has 0 aromatic heterocycles. The van der Waals surface area contributed by atoms with Crippen LogP contribution in [0.4, 0.5) is 0 Å². The second kappa shape index (κ2) is 3.37. The average Bonchev–Trinajstić information content (AvgIpc) is 2.20. The Balaban J connectivity index is 3.01. The molecule has 0 unspecified atom stereocenters. The van der Waals surface area contributed by atoms with Gasteiger partial charge in [-0.15, -0.1) is 0 Å². The van der Waals surface area contributed by atoms with E-state index >= 15 is 0 Å². The lowest BCUT2D eigenvalue weighted by atomic mass is 10.3. The first-order valence-corrected chi connectivity index (χ1v) is 4.14. The number of carbonyl (C=O) groups excluding carboxylic acids is 2. The van der Waals surface area contributed by atoms with E-state index in [1.807, 2.05) is 0 Å². The van der Waals surface area contributed by atoms with Gasteiger partial charge in [0.15, 0.2) is 11.1 Å². The molecule has 0 aromatic rings. The van der Waals surface area contributed by atoms with Crippen LogP contribution in [0.25, 0.3) is 0 Å². The Kier molecular flexibility index (Phi) is 2.52. The smallest absolute Gasteiger partial charge is 0.391 e. The third-order valence-corrected chi connectivity index (χ3v) is 1.92. The van der Waals surface area contributed by atoms with E-state index in [0.717, 1.165) is 13.8 Å². The average molecular weight is 218 g/mol. The van der Waals surface area contributed by atoms with Gasteiger partial charge in [0.25, 0.3) is 0 Å². The van der Waals surface area contributed by atoms with E-state index in [1.54, 1.807) is 0 Å². The highest BCUT2D eigenvalue weighted by Crippen LogP contribution is 2.29. The number of cyclic esters (lactones) is 1. The number of nitrogens with zero attached hydrogens (tertiary/aromatic N) is 2. The van der Waals surface area contributed by atoms with Crippen LogP contribution in [0.15, 0.2) is 0 Å². The first-order chi connectivity index (χ1) is 6.78. The Morgan fingerprint density at radius 3 is 2.67 bits per heavy atom. The Labute approximate surface area is 84.9 Å². The lowest BCUT2D eigenvalue weighted by Crippen LogP contribution is -2.51. The van der Waals surface area contributed by atoms with Gasteiger partial charge < -0.3 is 9.47 Å². The molecule has 0 saturated carbocycles. The predicted molar refractivity (Wildman–Crippen MR) is 44.6 cm³/mol. The van der Waals surface area contributed by atoms with Gasteiger partial charge in [0, 0.05) is 13.8 Å². The second-order valence-corrected chi connectivity index (χ2v) is 3.17. The number of ether oxygens (including phenoxy) is 2. The molecule has 0 radical (unpaired) electrons. The summed E-state index contributed by atoms with van der Waals surface area (Å²) < 4.78 is 9.26. The molecule has 1 aliphatic rings. The summed E-state index contributed by atoms with van der Waals surface area (Å²) in [5.41, 5.74) is 0. The number of carbonyl (C=O) groups is 2. The van der Waals surface area contributed by atoms with Gasteiger partial charge in [-0.3, -0.25) is 4.79 Å². The molecule has 1 heterocycles. The molecular formula is C7H10N2O6. The van der Waals surface area contributed by atoms with Crippen LogP contribution in [0.1, 0.15) is 20.8 Å². The SMILES string of the molecule is CC(=O)O[C@]1(C)OC(=O)[C@@H](C)N1[N+](=O)[O-]. The summed E-state index contributed by atoms with van der Waals surface area (Å²) in [5.74, 6) is -3.55. The van der Waals surface area contributed by atoms with Gasteiger partial charge in [-0.25, -0.2) is 14.9 Å². The van der Waals surface area contributed by atoms with Crippen molar-refractivity contribution in [3.63, 3.8) is 0 Å². The number of rotatable bonds is 2. The fourth-order valence-corrected chi connectivity index (χ4v) is 1.39. The van der Waals surface area contributed by atoms with E-state index in [2.05, 4.69) is 9.47 Å². The Morgan fingerprint density at radius 1 is 1.73 bits per heavy atom. The van der Waals surface area contributed by atoms with Gasteiger partial charge in [-0.2, -0.15) is 0 Å². The summed E-state index contributed by atoms with van der Waals surface area (Å²) in [5, 5.41) is 10.3. The molecule has 0 amide bonds. The summed E-state index contributed by atoms with van der Waals surface area (Å²) in [6.45, 7) is 3.50. The topological polar surface area (TPSA) is 99.0 Å². The van der Waals surface area contributed by atoms with Crippen molar-refractivity contribution >= 4 is 11.9 Å². The highest BCUT2D eigenvalue weighted by atomic mass is 16.8. The van der Waals surface area contributed by atoms with E-state index in [4.69, 9.17) is 0 Å². The zero-order valence-corrected chi connectivity index (χ0v) is 8.42. The highest BCUT2D eigenvalue weighted by Gasteiger charge is 2.58. The summed E-state index contributed by atoms with van der Waals surface area (Å²) >= 11 is 0. The normalized spacial score (nSPS) is 29.9. The molecule has 0 aromatic carbocycles. The van der Waals surface area contributed by atoms with Crippen molar-refractivity contribution in [2.75, 3.05) is 0 Å². The van der Waals surface area contributed by atoms with Crippen molar-refractivity contribution in [3.05, 3.63) is 10.1 Å². The second-order valence-electron chi connectivity index (χ2n) is 3.17. The zero-order valence-electron chi connectivity index (χ0n) is 8.42. The maximum absolute atomic E-state index is 11.1. The molecule has 8 heteroatoms. The van der Waals surface area contributed by atoms with Gasteiger partial charge >= 0.3 is 17.8 Å². The van der Waals surface area contributed by atoms with Crippen molar-refractivity contribution in [2.45, 2.75) is 32.7 Å². The molecule has 1 saturated heterocycles. The molecule has 1 aliphatic heterocycles. The van der Waals surface area contributed by atoms with Gasteiger partial charge in [-0.05, 0) is 11.9 Å². The molecule has 1 rings (SSSR count). The van der Waals surface area contributed by atoms with Crippen LogP contribution in [0, 0.1) is 10.1 Å².